The molecule has 0 saturated carbocycles. The van der Waals surface area contributed by atoms with Crippen molar-refractivity contribution in [2.24, 2.45) is 5.73 Å². The number of carboxylic acids is 1. The van der Waals surface area contributed by atoms with Gasteiger partial charge in [0.25, 0.3) is 0 Å². The molecule has 0 spiro atoms. The lowest BCUT2D eigenvalue weighted by molar-refractivity contribution is -0.138. The molecule has 1 aromatic rings. The van der Waals surface area contributed by atoms with Crippen LogP contribution in [0.1, 0.15) is 24.1 Å². The summed E-state index contributed by atoms with van der Waals surface area (Å²) in [6.07, 6.45) is 0.774. The molecular weight excluding hydrogens is 246 g/mol. The van der Waals surface area contributed by atoms with Crippen molar-refractivity contribution in [1.82, 2.24) is 0 Å². The number of aryl methyl sites for hydroxylation is 1. The molecule has 3 nitrogen and oxygen atoms in total. The van der Waals surface area contributed by atoms with Crippen LogP contribution >= 0.6 is 15.9 Å². The zero-order valence-electron chi connectivity index (χ0n) is 7.83. The molecule has 0 aromatic heterocycles. The molecule has 1 unspecified atom stereocenters. The Labute approximate surface area is 91.1 Å². The van der Waals surface area contributed by atoms with Crippen LogP contribution < -0.4 is 5.73 Å². The standard InChI is InChI=1S/C10H12BrNO2/c1-2-6-5-7(11)3-4-8(6)9(12)10(13)14/h3-5,9H,2,12H2,1H3,(H,13,14). The first-order valence-corrected chi connectivity index (χ1v) is 5.12. The summed E-state index contributed by atoms with van der Waals surface area (Å²) < 4.78 is 0.940. The van der Waals surface area contributed by atoms with Gasteiger partial charge < -0.3 is 10.8 Å². The maximum Gasteiger partial charge on any atom is 0.325 e. The molecule has 1 aromatic carbocycles. The van der Waals surface area contributed by atoms with Crippen molar-refractivity contribution in [2.45, 2.75) is 19.4 Å². The number of carbonyl (C=O) groups is 1. The van der Waals surface area contributed by atoms with Crippen LogP contribution in [-0.4, -0.2) is 11.1 Å². The summed E-state index contributed by atoms with van der Waals surface area (Å²) in [7, 11) is 0. The Morgan fingerprint density at radius 1 is 1.64 bits per heavy atom. The highest BCUT2D eigenvalue weighted by Crippen LogP contribution is 2.21. The van der Waals surface area contributed by atoms with Crippen LogP contribution in [0.15, 0.2) is 22.7 Å². The quantitative estimate of drug-likeness (QED) is 0.872. The van der Waals surface area contributed by atoms with Crippen molar-refractivity contribution in [3.8, 4) is 0 Å². The van der Waals surface area contributed by atoms with Gasteiger partial charge in [-0.25, -0.2) is 0 Å². The molecule has 0 aliphatic carbocycles. The first-order chi connectivity index (χ1) is 6.56. The second-order valence-corrected chi connectivity index (χ2v) is 3.93. The predicted octanol–water partition coefficient (Wildman–Crippen LogP) is 2.10. The molecule has 1 atom stereocenters. The number of hydrogen-bond acceptors (Lipinski definition) is 2. The van der Waals surface area contributed by atoms with E-state index in [1.54, 1.807) is 12.1 Å². The van der Waals surface area contributed by atoms with Gasteiger partial charge in [0.15, 0.2) is 0 Å². The fourth-order valence-corrected chi connectivity index (χ4v) is 1.73. The van der Waals surface area contributed by atoms with E-state index in [4.69, 9.17) is 10.8 Å². The van der Waals surface area contributed by atoms with Crippen LogP contribution in [0, 0.1) is 0 Å². The molecule has 0 bridgehead atoms. The highest BCUT2D eigenvalue weighted by Gasteiger charge is 2.16. The van der Waals surface area contributed by atoms with Gasteiger partial charge in [0, 0.05) is 4.47 Å². The third-order valence-corrected chi connectivity index (χ3v) is 2.58. The zero-order valence-corrected chi connectivity index (χ0v) is 9.41. The monoisotopic (exact) mass is 257 g/mol. The van der Waals surface area contributed by atoms with Crippen molar-refractivity contribution < 1.29 is 9.90 Å². The van der Waals surface area contributed by atoms with Crippen molar-refractivity contribution in [1.29, 1.82) is 0 Å². The Morgan fingerprint density at radius 3 is 2.79 bits per heavy atom. The lowest BCUT2D eigenvalue weighted by Crippen LogP contribution is -2.21. The fourth-order valence-electron chi connectivity index (χ4n) is 1.32. The number of carboxylic acid groups (broad SMARTS) is 1. The Bertz CT molecular complexity index is 352. The van der Waals surface area contributed by atoms with Crippen LogP contribution in [0.4, 0.5) is 0 Å². The predicted molar refractivity (Wildman–Crippen MR) is 58.1 cm³/mol. The first kappa shape index (κ1) is 11.2. The minimum Gasteiger partial charge on any atom is -0.480 e. The van der Waals surface area contributed by atoms with E-state index >= 15 is 0 Å². The van der Waals surface area contributed by atoms with Gasteiger partial charge in [0.1, 0.15) is 6.04 Å². The van der Waals surface area contributed by atoms with Crippen LogP contribution in [0.25, 0.3) is 0 Å². The number of halogens is 1. The maximum atomic E-state index is 10.7. The van der Waals surface area contributed by atoms with E-state index in [-0.39, 0.29) is 0 Å². The Morgan fingerprint density at radius 2 is 2.29 bits per heavy atom. The third kappa shape index (κ3) is 2.33. The highest BCUT2D eigenvalue weighted by molar-refractivity contribution is 9.10. The molecule has 3 N–H and O–H groups in total. The molecule has 0 radical (unpaired) electrons. The Kier molecular flexibility index (Phi) is 3.66. The second kappa shape index (κ2) is 4.57. The van der Waals surface area contributed by atoms with Crippen LogP contribution in [0.5, 0.6) is 0 Å². The zero-order chi connectivity index (χ0) is 10.7. The largest absolute Gasteiger partial charge is 0.480 e. The van der Waals surface area contributed by atoms with Crippen LogP contribution in [0.2, 0.25) is 0 Å². The van der Waals surface area contributed by atoms with Crippen LogP contribution in [0.3, 0.4) is 0 Å². The molecule has 0 aliphatic heterocycles. The van der Waals surface area contributed by atoms with Gasteiger partial charge in [-0.1, -0.05) is 28.9 Å². The van der Waals surface area contributed by atoms with Crippen molar-refractivity contribution >= 4 is 21.9 Å². The summed E-state index contributed by atoms with van der Waals surface area (Å²) in [5.41, 5.74) is 7.20. The molecule has 0 heterocycles. The van der Waals surface area contributed by atoms with E-state index in [2.05, 4.69) is 15.9 Å². The first-order valence-electron chi connectivity index (χ1n) is 4.33. The average molecular weight is 258 g/mol. The SMILES string of the molecule is CCc1cc(Br)ccc1C(N)C(=O)O. The summed E-state index contributed by atoms with van der Waals surface area (Å²) in [6.45, 7) is 1.97. The molecule has 76 valence electrons. The molecule has 0 aliphatic rings. The van der Waals surface area contributed by atoms with E-state index in [1.807, 2.05) is 13.0 Å². The second-order valence-electron chi connectivity index (χ2n) is 3.01. The maximum absolute atomic E-state index is 10.7. The summed E-state index contributed by atoms with van der Waals surface area (Å²) in [6, 6.07) is 4.52. The molecular formula is C10H12BrNO2. The van der Waals surface area contributed by atoms with Gasteiger partial charge in [-0.3, -0.25) is 4.79 Å². The van der Waals surface area contributed by atoms with Gasteiger partial charge in [0.2, 0.25) is 0 Å². The van der Waals surface area contributed by atoms with Crippen molar-refractivity contribution in [3.63, 3.8) is 0 Å². The number of nitrogens with two attached hydrogens (primary N) is 1. The highest BCUT2D eigenvalue weighted by atomic mass is 79.9. The minimum absolute atomic E-state index is 0.684. The molecule has 0 amide bonds. The number of rotatable bonds is 3. The van der Waals surface area contributed by atoms with E-state index in [0.29, 0.717) is 5.56 Å². The summed E-state index contributed by atoms with van der Waals surface area (Å²) >= 11 is 3.34. The van der Waals surface area contributed by atoms with Gasteiger partial charge >= 0.3 is 5.97 Å². The Balaban J connectivity index is 3.13. The third-order valence-electron chi connectivity index (χ3n) is 2.09. The normalized spacial score (nSPS) is 12.5. The summed E-state index contributed by atoms with van der Waals surface area (Å²) in [5.74, 6) is -0.998. The number of benzene rings is 1. The molecule has 0 saturated heterocycles. The van der Waals surface area contributed by atoms with Crippen LogP contribution in [-0.2, 0) is 11.2 Å². The van der Waals surface area contributed by atoms with E-state index in [0.717, 1.165) is 16.5 Å². The van der Waals surface area contributed by atoms with Gasteiger partial charge in [0.05, 0.1) is 0 Å². The van der Waals surface area contributed by atoms with Gasteiger partial charge in [-0.15, -0.1) is 0 Å². The summed E-state index contributed by atoms with van der Waals surface area (Å²) in [4.78, 5) is 10.7. The molecule has 14 heavy (non-hydrogen) atoms. The number of aliphatic carboxylic acids is 1. The Hall–Kier alpha value is -0.870. The van der Waals surface area contributed by atoms with E-state index in [9.17, 15) is 4.79 Å². The average Bonchev–Trinajstić information content (AvgIpc) is 2.16. The lowest BCUT2D eigenvalue weighted by Gasteiger charge is -2.12. The van der Waals surface area contributed by atoms with E-state index in [1.165, 1.54) is 0 Å². The number of hydrogen-bond donors (Lipinski definition) is 2. The topological polar surface area (TPSA) is 63.3 Å². The molecule has 0 fully saturated rings. The van der Waals surface area contributed by atoms with E-state index < -0.39 is 12.0 Å². The fraction of sp³-hybridized carbons (Fsp3) is 0.300. The van der Waals surface area contributed by atoms with Crippen molar-refractivity contribution in [3.05, 3.63) is 33.8 Å². The smallest absolute Gasteiger partial charge is 0.325 e. The van der Waals surface area contributed by atoms with Gasteiger partial charge in [-0.2, -0.15) is 0 Å². The van der Waals surface area contributed by atoms with Gasteiger partial charge in [-0.05, 0) is 29.7 Å². The van der Waals surface area contributed by atoms with Crippen molar-refractivity contribution in [2.75, 3.05) is 0 Å². The lowest BCUT2D eigenvalue weighted by atomic mass is 9.99. The minimum atomic E-state index is -0.998. The molecule has 1 rings (SSSR count). The summed E-state index contributed by atoms with van der Waals surface area (Å²) in [5, 5.41) is 8.79. The molecule has 4 heteroatoms.